The molecule has 0 radical (unpaired) electrons. The Hall–Kier alpha value is -3.15. The van der Waals surface area contributed by atoms with Crippen LogP contribution in [0, 0.1) is 11.3 Å². The van der Waals surface area contributed by atoms with Crippen LogP contribution < -0.4 is 5.32 Å². The minimum absolute atomic E-state index is 0.172. The predicted molar refractivity (Wildman–Crippen MR) is 144 cm³/mol. The summed E-state index contributed by atoms with van der Waals surface area (Å²) in [7, 11) is 1.37. The van der Waals surface area contributed by atoms with Crippen LogP contribution in [-0.2, 0) is 28.8 Å². The highest BCUT2D eigenvalue weighted by molar-refractivity contribution is 7.99. The van der Waals surface area contributed by atoms with Crippen LogP contribution in [0.15, 0.2) is 47.5 Å². The molecule has 3 aromatic rings. The third-order valence-electron chi connectivity index (χ3n) is 6.29. The first-order valence-corrected chi connectivity index (χ1v) is 13.9. The molecular weight excluding hydrogens is 490 g/mol. The molecule has 0 aliphatic heterocycles. The fourth-order valence-corrected chi connectivity index (χ4v) is 6.76. The summed E-state index contributed by atoms with van der Waals surface area (Å²) >= 11 is 2.89. The molecule has 36 heavy (non-hydrogen) atoms. The van der Waals surface area contributed by atoms with Gasteiger partial charge in [-0.15, -0.1) is 23.1 Å². The van der Waals surface area contributed by atoms with E-state index in [1.165, 1.54) is 35.8 Å². The molecule has 0 saturated carbocycles. The number of thiophene rings is 1. The number of nitriles is 1. The van der Waals surface area contributed by atoms with Gasteiger partial charge in [-0.1, -0.05) is 43.7 Å². The van der Waals surface area contributed by atoms with Gasteiger partial charge in [0.25, 0.3) is 0 Å². The van der Waals surface area contributed by atoms with E-state index in [0.29, 0.717) is 32.8 Å². The lowest BCUT2D eigenvalue weighted by Gasteiger charge is -2.22. The highest BCUT2D eigenvalue weighted by atomic mass is 32.2. The number of anilines is 1. The zero-order valence-corrected chi connectivity index (χ0v) is 22.1. The van der Waals surface area contributed by atoms with E-state index in [0.717, 1.165) is 48.2 Å². The van der Waals surface area contributed by atoms with Crippen molar-refractivity contribution in [3.8, 4) is 6.07 Å². The van der Waals surface area contributed by atoms with Crippen LogP contribution in [0.1, 0.15) is 69.7 Å². The third-order valence-corrected chi connectivity index (χ3v) is 8.45. The second-order valence-corrected chi connectivity index (χ2v) is 10.9. The fraction of sp³-hybridized carbons (Fsp3) is 0.357. The molecule has 8 heteroatoms. The number of esters is 1. The molecule has 1 unspecified atom stereocenters. The molecule has 0 spiro atoms. The number of hydrogen-bond acceptors (Lipinski definition) is 7. The van der Waals surface area contributed by atoms with Crippen molar-refractivity contribution in [1.29, 1.82) is 5.26 Å². The molecular formula is C28H29N3O3S2. The maximum Gasteiger partial charge on any atom is 0.341 e. The Kier molecular flexibility index (Phi) is 8.79. The van der Waals surface area contributed by atoms with Crippen molar-refractivity contribution < 1.29 is 14.3 Å². The Morgan fingerprint density at radius 3 is 2.78 bits per heavy atom. The van der Waals surface area contributed by atoms with E-state index in [-0.39, 0.29) is 12.3 Å². The molecule has 2 aromatic heterocycles. The molecule has 4 rings (SSSR count). The number of nitrogens with zero attached hydrogens (tertiary/aromatic N) is 2. The number of methoxy groups -OCH3 is 1. The van der Waals surface area contributed by atoms with Crippen LogP contribution in [-0.4, -0.2) is 29.7 Å². The first kappa shape index (κ1) is 25.9. The monoisotopic (exact) mass is 519 g/mol. The largest absolute Gasteiger partial charge is 0.465 e. The lowest BCUT2D eigenvalue weighted by Crippen LogP contribution is -2.16. The summed E-state index contributed by atoms with van der Waals surface area (Å²) < 4.78 is 5.06. The van der Waals surface area contributed by atoms with Crippen molar-refractivity contribution in [1.82, 2.24) is 4.98 Å². The number of pyridine rings is 1. The van der Waals surface area contributed by atoms with Gasteiger partial charge in [0.1, 0.15) is 16.1 Å². The topological polar surface area (TPSA) is 92.1 Å². The molecule has 2 heterocycles. The van der Waals surface area contributed by atoms with Gasteiger partial charge < -0.3 is 10.1 Å². The number of carbonyl (C=O) groups excluding carboxylic acids is 2. The third kappa shape index (κ3) is 5.97. The average Bonchev–Trinajstić information content (AvgIpc) is 3.26. The van der Waals surface area contributed by atoms with Crippen LogP contribution in [0.3, 0.4) is 0 Å². The van der Waals surface area contributed by atoms with Crippen molar-refractivity contribution in [2.45, 2.75) is 56.4 Å². The SMILES string of the molecule is CCCc1ccc(C#N)c(SCCC(=O)Nc2sc3c(c2C(=O)OC)CCC(c2ccccc2)C3)n1. The minimum atomic E-state index is -0.411. The van der Waals surface area contributed by atoms with Crippen molar-refractivity contribution in [3.05, 3.63) is 75.3 Å². The molecule has 0 bridgehead atoms. The second kappa shape index (κ2) is 12.2. The molecule has 1 aromatic carbocycles. The van der Waals surface area contributed by atoms with Gasteiger partial charge in [-0.25, -0.2) is 9.78 Å². The Labute approximate surface area is 220 Å². The van der Waals surface area contributed by atoms with Crippen LogP contribution in [0.25, 0.3) is 0 Å². The summed E-state index contributed by atoms with van der Waals surface area (Å²) in [6.45, 7) is 2.09. The van der Waals surface area contributed by atoms with Crippen molar-refractivity contribution in [2.24, 2.45) is 0 Å². The van der Waals surface area contributed by atoms with Crippen LogP contribution >= 0.6 is 23.1 Å². The fourth-order valence-electron chi connectivity index (χ4n) is 4.50. The lowest BCUT2D eigenvalue weighted by atomic mass is 9.83. The van der Waals surface area contributed by atoms with Crippen molar-refractivity contribution >= 4 is 40.0 Å². The summed E-state index contributed by atoms with van der Waals surface area (Å²) in [5.41, 5.74) is 4.26. The number of aryl methyl sites for hydroxylation is 1. The Bertz CT molecular complexity index is 1280. The lowest BCUT2D eigenvalue weighted by molar-refractivity contribution is -0.115. The van der Waals surface area contributed by atoms with Gasteiger partial charge in [-0.05, 0) is 54.9 Å². The number of hydrogen-bond donors (Lipinski definition) is 1. The molecule has 1 aliphatic rings. The normalized spacial score (nSPS) is 14.5. The van der Waals surface area contributed by atoms with E-state index in [9.17, 15) is 14.9 Å². The number of nitrogens with one attached hydrogen (secondary N) is 1. The minimum Gasteiger partial charge on any atom is -0.465 e. The molecule has 1 N–H and O–H groups in total. The zero-order chi connectivity index (χ0) is 25.5. The number of thioether (sulfide) groups is 1. The molecule has 1 aliphatic carbocycles. The smallest absolute Gasteiger partial charge is 0.341 e. The maximum absolute atomic E-state index is 12.8. The predicted octanol–water partition coefficient (Wildman–Crippen LogP) is 6.15. The number of aromatic nitrogens is 1. The van der Waals surface area contributed by atoms with Gasteiger partial charge in [0.2, 0.25) is 5.91 Å². The Morgan fingerprint density at radius 1 is 1.25 bits per heavy atom. The van der Waals surface area contributed by atoms with Crippen LogP contribution in [0.2, 0.25) is 0 Å². The van der Waals surface area contributed by atoms with E-state index in [2.05, 4.69) is 47.6 Å². The number of ether oxygens (including phenoxy) is 1. The number of amides is 1. The van der Waals surface area contributed by atoms with Crippen molar-refractivity contribution in [2.75, 3.05) is 18.2 Å². The molecule has 1 amide bonds. The van der Waals surface area contributed by atoms with Gasteiger partial charge in [0.15, 0.2) is 0 Å². The summed E-state index contributed by atoms with van der Waals surface area (Å²) in [5.74, 6) is 0.297. The van der Waals surface area contributed by atoms with Gasteiger partial charge in [-0.2, -0.15) is 5.26 Å². The van der Waals surface area contributed by atoms with Gasteiger partial charge >= 0.3 is 5.97 Å². The molecule has 0 saturated heterocycles. The summed E-state index contributed by atoms with van der Waals surface area (Å²) in [6, 6.07) is 16.3. The number of carbonyl (C=O) groups is 2. The van der Waals surface area contributed by atoms with E-state index in [4.69, 9.17) is 4.74 Å². The van der Waals surface area contributed by atoms with E-state index < -0.39 is 5.97 Å². The molecule has 6 nitrogen and oxygen atoms in total. The van der Waals surface area contributed by atoms with Gasteiger partial charge in [-0.3, -0.25) is 4.79 Å². The van der Waals surface area contributed by atoms with Gasteiger partial charge in [0.05, 0.1) is 18.2 Å². The molecule has 1 atom stereocenters. The van der Waals surface area contributed by atoms with E-state index in [1.54, 1.807) is 6.07 Å². The standard InChI is InChI=1S/C28H29N3O3S2/c1-3-7-21-12-10-20(17-29)26(30-21)35-15-14-24(32)31-27-25(28(33)34-2)22-13-11-19(16-23(22)36-27)18-8-5-4-6-9-18/h4-6,8-10,12,19H,3,7,11,13-16H2,1-2H3,(H,31,32). The number of benzene rings is 1. The Morgan fingerprint density at radius 2 is 2.06 bits per heavy atom. The zero-order valence-electron chi connectivity index (χ0n) is 20.5. The highest BCUT2D eigenvalue weighted by Gasteiger charge is 2.30. The second-order valence-electron chi connectivity index (χ2n) is 8.71. The van der Waals surface area contributed by atoms with E-state index in [1.807, 2.05) is 12.1 Å². The van der Waals surface area contributed by atoms with Gasteiger partial charge in [0, 0.05) is 22.7 Å². The first-order chi connectivity index (χ1) is 17.5. The molecule has 0 fully saturated rings. The first-order valence-electron chi connectivity index (χ1n) is 12.1. The summed E-state index contributed by atoms with van der Waals surface area (Å²) in [6.07, 6.45) is 4.64. The van der Waals surface area contributed by atoms with E-state index >= 15 is 0 Å². The quantitative estimate of drug-likeness (QED) is 0.269. The van der Waals surface area contributed by atoms with Crippen LogP contribution in [0.5, 0.6) is 0 Å². The number of rotatable bonds is 9. The maximum atomic E-state index is 12.8. The highest BCUT2D eigenvalue weighted by Crippen LogP contribution is 2.42. The average molecular weight is 520 g/mol. The van der Waals surface area contributed by atoms with Crippen molar-refractivity contribution in [3.63, 3.8) is 0 Å². The molecule has 186 valence electrons. The van der Waals surface area contributed by atoms with Crippen LogP contribution in [0.4, 0.5) is 5.00 Å². The summed E-state index contributed by atoms with van der Waals surface area (Å²) in [5, 5.41) is 13.6. The number of fused-ring (bicyclic) bond motifs is 1. The summed E-state index contributed by atoms with van der Waals surface area (Å²) in [4.78, 5) is 31.2. The Balaban J connectivity index is 1.44.